The van der Waals surface area contributed by atoms with Gasteiger partial charge in [0.25, 0.3) is 0 Å². The predicted octanol–water partition coefficient (Wildman–Crippen LogP) is 2.78. The van der Waals surface area contributed by atoms with Gasteiger partial charge in [0.05, 0.1) is 19.8 Å². The number of β-amino-alcohol motifs (C(OH)–C–C–N with tert-alkyl or cyclic N) is 1. The Morgan fingerprint density at radius 1 is 1.14 bits per heavy atom. The van der Waals surface area contributed by atoms with Crippen LogP contribution in [0.3, 0.4) is 0 Å². The molecule has 5 rings (SSSR count). The van der Waals surface area contributed by atoms with Gasteiger partial charge in [0.2, 0.25) is 0 Å². The van der Waals surface area contributed by atoms with Crippen molar-refractivity contribution >= 4 is 5.97 Å². The molecule has 4 saturated carbocycles. The maximum Gasteiger partial charge on any atom is 0.337 e. The van der Waals surface area contributed by atoms with Crippen molar-refractivity contribution in [3.8, 4) is 11.5 Å². The molecule has 1 unspecified atom stereocenters. The molecule has 0 aliphatic heterocycles. The van der Waals surface area contributed by atoms with Gasteiger partial charge in [0.1, 0.15) is 12.7 Å². The van der Waals surface area contributed by atoms with E-state index < -0.39 is 12.1 Å². The van der Waals surface area contributed by atoms with Crippen LogP contribution in [-0.2, 0) is 4.74 Å². The van der Waals surface area contributed by atoms with Gasteiger partial charge in [-0.05, 0) is 74.5 Å². The van der Waals surface area contributed by atoms with Crippen LogP contribution < -0.4 is 14.8 Å². The first kappa shape index (κ1) is 19.5. The zero-order chi connectivity index (χ0) is 19.7. The van der Waals surface area contributed by atoms with Gasteiger partial charge in [-0.25, -0.2) is 4.79 Å². The number of esters is 1. The highest BCUT2D eigenvalue weighted by atomic mass is 16.5. The van der Waals surface area contributed by atoms with Crippen LogP contribution >= 0.6 is 0 Å². The lowest BCUT2D eigenvalue weighted by atomic mass is 9.53. The highest BCUT2D eigenvalue weighted by molar-refractivity contribution is 5.90. The summed E-state index contributed by atoms with van der Waals surface area (Å²) >= 11 is 0. The smallest absolute Gasteiger partial charge is 0.337 e. The van der Waals surface area contributed by atoms with Crippen LogP contribution in [0.15, 0.2) is 18.2 Å². The van der Waals surface area contributed by atoms with Crippen molar-refractivity contribution in [1.82, 2.24) is 5.32 Å². The van der Waals surface area contributed by atoms with Gasteiger partial charge in [0, 0.05) is 12.1 Å². The predicted molar refractivity (Wildman–Crippen MR) is 105 cm³/mol. The number of benzene rings is 1. The molecular formula is C22H31NO5. The Kier molecular flexibility index (Phi) is 5.52. The largest absolute Gasteiger partial charge is 0.493 e. The molecule has 0 heterocycles. The highest BCUT2D eigenvalue weighted by Gasteiger charge is 2.50. The molecule has 0 radical (unpaired) electrons. The van der Waals surface area contributed by atoms with E-state index >= 15 is 0 Å². The molecule has 4 aliphatic carbocycles. The Balaban J connectivity index is 1.30. The Morgan fingerprint density at radius 3 is 2.36 bits per heavy atom. The summed E-state index contributed by atoms with van der Waals surface area (Å²) in [6.45, 7) is 0.710. The van der Waals surface area contributed by atoms with E-state index in [1.807, 2.05) is 0 Å². The number of nitrogens with one attached hydrogen (secondary N) is 1. The van der Waals surface area contributed by atoms with Gasteiger partial charge in [-0.15, -0.1) is 0 Å². The van der Waals surface area contributed by atoms with Crippen LogP contribution in [0.25, 0.3) is 0 Å². The molecule has 28 heavy (non-hydrogen) atoms. The lowest BCUT2D eigenvalue weighted by Crippen LogP contribution is -2.59. The number of aliphatic hydroxyl groups excluding tert-OH is 1. The second-order valence-corrected chi connectivity index (χ2v) is 8.90. The Labute approximate surface area is 166 Å². The zero-order valence-electron chi connectivity index (χ0n) is 16.8. The summed E-state index contributed by atoms with van der Waals surface area (Å²) in [5, 5.41) is 14.2. The molecule has 2 N–H and O–H groups in total. The van der Waals surface area contributed by atoms with Gasteiger partial charge in [-0.2, -0.15) is 0 Å². The SMILES string of the molecule is COC(=O)c1ccc(OCC(O)CNC23CC4CC(CC(C4)C2)C3)c(OC)c1. The number of hydrogen-bond acceptors (Lipinski definition) is 6. The molecular weight excluding hydrogens is 358 g/mol. The van der Waals surface area contributed by atoms with Crippen molar-refractivity contribution < 1.29 is 24.1 Å². The normalized spacial score (nSPS) is 31.5. The Bertz CT molecular complexity index is 684. The lowest BCUT2D eigenvalue weighted by molar-refractivity contribution is -0.0267. The molecule has 0 spiro atoms. The molecule has 4 aliphatic rings. The monoisotopic (exact) mass is 389 g/mol. The van der Waals surface area contributed by atoms with E-state index in [9.17, 15) is 9.90 Å². The number of ether oxygens (including phenoxy) is 3. The lowest BCUT2D eigenvalue weighted by Gasteiger charge is -2.57. The van der Waals surface area contributed by atoms with Gasteiger partial charge >= 0.3 is 5.97 Å². The second kappa shape index (κ2) is 7.91. The fourth-order valence-corrected chi connectivity index (χ4v) is 5.94. The minimum atomic E-state index is -0.599. The molecule has 1 atom stereocenters. The topological polar surface area (TPSA) is 77.0 Å². The summed E-state index contributed by atoms with van der Waals surface area (Å²) in [6, 6.07) is 4.88. The van der Waals surface area contributed by atoms with Crippen LogP contribution in [0.4, 0.5) is 0 Å². The average Bonchev–Trinajstić information content (AvgIpc) is 2.69. The van der Waals surface area contributed by atoms with Crippen LogP contribution in [0.1, 0.15) is 48.9 Å². The van der Waals surface area contributed by atoms with Crippen LogP contribution in [0.5, 0.6) is 11.5 Å². The molecule has 4 bridgehead atoms. The van der Waals surface area contributed by atoms with E-state index in [1.54, 1.807) is 18.2 Å². The molecule has 4 fully saturated rings. The fourth-order valence-electron chi connectivity index (χ4n) is 5.94. The van der Waals surface area contributed by atoms with Crippen LogP contribution in [0, 0.1) is 17.8 Å². The van der Waals surface area contributed by atoms with Gasteiger partial charge in [-0.3, -0.25) is 0 Å². The first-order valence-corrected chi connectivity index (χ1v) is 10.3. The second-order valence-electron chi connectivity index (χ2n) is 8.90. The summed E-state index contributed by atoms with van der Waals surface area (Å²) < 4.78 is 15.8. The standard InChI is InChI=1S/C22H31NO5/c1-26-20-8-17(21(25)27-2)3-4-19(20)28-13-18(24)12-23-22-9-14-5-15(10-22)7-16(6-14)11-22/h3-4,8,14-16,18,23-24H,5-7,9-13H2,1-2H3. The Hall–Kier alpha value is -1.79. The molecule has 6 nitrogen and oxygen atoms in total. The third-order valence-electron chi connectivity index (χ3n) is 6.77. The molecule has 0 saturated heterocycles. The number of rotatable bonds is 8. The van der Waals surface area contributed by atoms with E-state index in [-0.39, 0.29) is 12.1 Å². The molecule has 154 valence electrons. The maximum absolute atomic E-state index is 11.6. The number of hydrogen-bond donors (Lipinski definition) is 2. The minimum absolute atomic E-state index is 0.174. The quantitative estimate of drug-likeness (QED) is 0.666. The van der Waals surface area contributed by atoms with E-state index in [2.05, 4.69) is 5.32 Å². The molecule has 1 aromatic rings. The molecule has 6 heteroatoms. The van der Waals surface area contributed by atoms with Crippen LogP contribution in [0.2, 0.25) is 0 Å². The van der Waals surface area contributed by atoms with Gasteiger partial charge in [0.15, 0.2) is 11.5 Å². The number of carbonyl (C=O) groups excluding carboxylic acids is 1. The summed E-state index contributed by atoms with van der Waals surface area (Å²) in [7, 11) is 2.86. The number of aliphatic hydroxyl groups is 1. The Morgan fingerprint density at radius 2 is 1.79 bits per heavy atom. The number of methoxy groups -OCH3 is 2. The first-order chi connectivity index (χ1) is 13.5. The van der Waals surface area contributed by atoms with Crippen LogP contribution in [-0.4, -0.2) is 50.1 Å². The van der Waals surface area contributed by atoms with Crippen molar-refractivity contribution in [1.29, 1.82) is 0 Å². The number of carbonyl (C=O) groups is 1. The minimum Gasteiger partial charge on any atom is -0.493 e. The third-order valence-corrected chi connectivity index (χ3v) is 6.77. The van der Waals surface area contributed by atoms with Gasteiger partial charge < -0.3 is 24.6 Å². The zero-order valence-corrected chi connectivity index (χ0v) is 16.8. The van der Waals surface area contributed by atoms with Crippen molar-refractivity contribution in [2.45, 2.75) is 50.2 Å². The third kappa shape index (κ3) is 3.98. The average molecular weight is 389 g/mol. The van der Waals surface area contributed by atoms with Gasteiger partial charge in [-0.1, -0.05) is 0 Å². The van der Waals surface area contributed by atoms with Crippen molar-refractivity contribution in [3.05, 3.63) is 23.8 Å². The summed E-state index contributed by atoms with van der Waals surface area (Å²) in [6.07, 6.45) is 7.41. The summed E-state index contributed by atoms with van der Waals surface area (Å²) in [5.74, 6) is 3.16. The highest BCUT2D eigenvalue weighted by Crippen LogP contribution is 2.55. The first-order valence-electron chi connectivity index (χ1n) is 10.3. The van der Waals surface area contributed by atoms with E-state index in [4.69, 9.17) is 14.2 Å². The molecule has 1 aromatic carbocycles. The van der Waals surface area contributed by atoms with E-state index in [0.29, 0.717) is 23.6 Å². The molecule has 0 aromatic heterocycles. The van der Waals surface area contributed by atoms with Crippen molar-refractivity contribution in [2.24, 2.45) is 17.8 Å². The summed E-state index contributed by atoms with van der Waals surface area (Å²) in [5.41, 5.74) is 0.631. The summed E-state index contributed by atoms with van der Waals surface area (Å²) in [4.78, 5) is 11.6. The van der Waals surface area contributed by atoms with E-state index in [1.165, 1.54) is 52.7 Å². The van der Waals surface area contributed by atoms with Crippen molar-refractivity contribution in [3.63, 3.8) is 0 Å². The molecule has 0 amide bonds. The maximum atomic E-state index is 11.6. The fraction of sp³-hybridized carbons (Fsp3) is 0.682. The van der Waals surface area contributed by atoms with Crippen molar-refractivity contribution in [2.75, 3.05) is 27.4 Å². The van der Waals surface area contributed by atoms with E-state index in [0.717, 1.165) is 17.8 Å².